The van der Waals surface area contributed by atoms with Gasteiger partial charge in [0.15, 0.2) is 5.17 Å². The van der Waals surface area contributed by atoms with Crippen molar-refractivity contribution in [2.24, 2.45) is 4.99 Å². The summed E-state index contributed by atoms with van der Waals surface area (Å²) in [4.78, 5) is 29.1. The van der Waals surface area contributed by atoms with Crippen molar-refractivity contribution in [1.29, 1.82) is 0 Å². The molecule has 2 amide bonds. The lowest BCUT2D eigenvalue weighted by molar-refractivity contribution is -0.122. The normalized spacial score (nSPS) is 23.7. The molecule has 2 saturated heterocycles. The number of anilines is 1. The van der Waals surface area contributed by atoms with Crippen LogP contribution in [0.4, 0.5) is 5.69 Å². The number of thioether (sulfide) groups is 1. The first-order valence-corrected chi connectivity index (χ1v) is 9.98. The number of ether oxygens (including phenoxy) is 1. The summed E-state index contributed by atoms with van der Waals surface area (Å²) >= 11 is 1.32. The Morgan fingerprint density at radius 3 is 2.96 bits per heavy atom. The summed E-state index contributed by atoms with van der Waals surface area (Å²) in [5.74, 6) is -0.349. The Kier molecular flexibility index (Phi) is 5.40. The van der Waals surface area contributed by atoms with Gasteiger partial charge in [-0.1, -0.05) is 48.2 Å². The van der Waals surface area contributed by atoms with E-state index < -0.39 is 5.25 Å². The number of amides is 2. The molecule has 2 atom stereocenters. The Labute approximate surface area is 161 Å². The lowest BCUT2D eigenvalue weighted by Crippen LogP contribution is -2.28. The molecule has 2 fully saturated rings. The van der Waals surface area contributed by atoms with Crippen LogP contribution in [0, 0.1) is 0 Å². The van der Waals surface area contributed by atoms with Crippen LogP contribution in [-0.2, 0) is 14.3 Å². The Hall–Kier alpha value is -2.38. The van der Waals surface area contributed by atoms with Crippen LogP contribution >= 0.6 is 11.8 Å². The van der Waals surface area contributed by atoms with Gasteiger partial charge in [-0.25, -0.2) is 0 Å². The van der Waals surface area contributed by atoms with Gasteiger partial charge >= 0.3 is 0 Å². The van der Waals surface area contributed by atoms with Gasteiger partial charge in [0.2, 0.25) is 11.8 Å². The van der Waals surface area contributed by atoms with Crippen molar-refractivity contribution in [2.45, 2.75) is 30.6 Å². The van der Waals surface area contributed by atoms with E-state index in [1.807, 2.05) is 42.5 Å². The SMILES string of the molecule is O=C(C[C@H]1SC(=NC[C@@H]2CCCO2)NC1=O)Nc1cccc2ccccc12. The van der Waals surface area contributed by atoms with Crippen molar-refractivity contribution in [3.8, 4) is 0 Å². The second kappa shape index (κ2) is 8.10. The molecule has 0 bridgehead atoms. The number of rotatable bonds is 5. The maximum atomic E-state index is 12.5. The number of hydrogen-bond donors (Lipinski definition) is 2. The average Bonchev–Trinajstić information content (AvgIpc) is 3.30. The molecular formula is C20H21N3O3S. The number of aliphatic imine (C=N–C) groups is 1. The van der Waals surface area contributed by atoms with Crippen LogP contribution in [0.5, 0.6) is 0 Å². The van der Waals surface area contributed by atoms with Crippen molar-refractivity contribution in [1.82, 2.24) is 5.32 Å². The van der Waals surface area contributed by atoms with Crippen LogP contribution in [-0.4, -0.2) is 41.5 Å². The lowest BCUT2D eigenvalue weighted by atomic mass is 10.1. The summed E-state index contributed by atoms with van der Waals surface area (Å²) in [6.07, 6.45) is 2.32. The molecule has 7 heteroatoms. The van der Waals surface area contributed by atoms with E-state index in [0.29, 0.717) is 11.7 Å². The maximum absolute atomic E-state index is 12.5. The van der Waals surface area contributed by atoms with Gasteiger partial charge in [-0.2, -0.15) is 0 Å². The molecule has 2 N–H and O–H groups in total. The summed E-state index contributed by atoms with van der Waals surface area (Å²) < 4.78 is 5.54. The van der Waals surface area contributed by atoms with Gasteiger partial charge in [0, 0.05) is 24.1 Å². The first kappa shape index (κ1) is 18.0. The average molecular weight is 383 g/mol. The molecule has 27 heavy (non-hydrogen) atoms. The van der Waals surface area contributed by atoms with Gasteiger partial charge in [-0.05, 0) is 24.3 Å². The standard InChI is InChI=1S/C20H21N3O3S/c24-18(22-16-9-3-6-13-5-1-2-8-15(13)16)11-17-19(25)23-20(27-17)21-12-14-7-4-10-26-14/h1-3,5-6,8-9,14,17H,4,7,10-12H2,(H,22,24)(H,21,23,25)/t14-,17+/m0/s1. The number of hydrogen-bond acceptors (Lipinski definition) is 5. The van der Waals surface area contributed by atoms with E-state index in [4.69, 9.17) is 4.74 Å². The zero-order valence-corrected chi connectivity index (χ0v) is 15.6. The van der Waals surface area contributed by atoms with E-state index in [-0.39, 0.29) is 24.3 Å². The van der Waals surface area contributed by atoms with Crippen LogP contribution < -0.4 is 10.6 Å². The summed E-state index contributed by atoms with van der Waals surface area (Å²) in [7, 11) is 0. The minimum Gasteiger partial charge on any atom is -0.376 e. The molecule has 2 aromatic carbocycles. The molecule has 0 aromatic heterocycles. The zero-order valence-electron chi connectivity index (χ0n) is 14.8. The predicted octanol–water partition coefficient (Wildman–Crippen LogP) is 2.94. The van der Waals surface area contributed by atoms with E-state index in [1.165, 1.54) is 11.8 Å². The van der Waals surface area contributed by atoms with Crippen molar-refractivity contribution in [2.75, 3.05) is 18.5 Å². The third-order valence-corrected chi connectivity index (χ3v) is 5.79. The van der Waals surface area contributed by atoms with Crippen LogP contribution in [0.1, 0.15) is 19.3 Å². The molecule has 2 aliphatic heterocycles. The topological polar surface area (TPSA) is 79.8 Å². The maximum Gasteiger partial charge on any atom is 0.240 e. The zero-order chi connectivity index (χ0) is 18.6. The Morgan fingerprint density at radius 1 is 1.26 bits per heavy atom. The summed E-state index contributed by atoms with van der Waals surface area (Å²) in [5, 5.41) is 7.87. The molecule has 0 saturated carbocycles. The van der Waals surface area contributed by atoms with E-state index in [0.717, 1.165) is 35.9 Å². The van der Waals surface area contributed by atoms with Crippen LogP contribution in [0.25, 0.3) is 10.8 Å². The molecule has 2 aliphatic rings. The number of benzene rings is 2. The van der Waals surface area contributed by atoms with Gasteiger partial charge in [0.25, 0.3) is 0 Å². The minimum absolute atomic E-state index is 0.110. The highest BCUT2D eigenvalue weighted by Gasteiger charge is 2.32. The Morgan fingerprint density at radius 2 is 2.11 bits per heavy atom. The fourth-order valence-electron chi connectivity index (χ4n) is 3.29. The van der Waals surface area contributed by atoms with Crippen LogP contribution in [0.2, 0.25) is 0 Å². The van der Waals surface area contributed by atoms with Gasteiger partial charge in [0.1, 0.15) is 5.25 Å². The third-order valence-electron chi connectivity index (χ3n) is 4.67. The van der Waals surface area contributed by atoms with Gasteiger partial charge in [-0.3, -0.25) is 14.6 Å². The number of fused-ring (bicyclic) bond motifs is 1. The number of carbonyl (C=O) groups excluding carboxylic acids is 2. The molecule has 0 aliphatic carbocycles. The lowest BCUT2D eigenvalue weighted by Gasteiger charge is -2.10. The van der Waals surface area contributed by atoms with Crippen LogP contribution in [0.15, 0.2) is 47.5 Å². The van der Waals surface area contributed by atoms with Gasteiger partial charge in [0.05, 0.1) is 12.6 Å². The largest absolute Gasteiger partial charge is 0.376 e. The van der Waals surface area contributed by atoms with Crippen molar-refractivity contribution >= 4 is 45.2 Å². The van der Waals surface area contributed by atoms with E-state index in [2.05, 4.69) is 15.6 Å². The fourth-order valence-corrected chi connectivity index (χ4v) is 4.27. The second-order valence-electron chi connectivity index (χ2n) is 6.66. The van der Waals surface area contributed by atoms with Crippen molar-refractivity contribution in [3.05, 3.63) is 42.5 Å². The van der Waals surface area contributed by atoms with Gasteiger partial charge in [-0.15, -0.1) is 0 Å². The Bertz CT molecular complexity index is 888. The molecule has 0 radical (unpaired) electrons. The molecule has 6 nitrogen and oxygen atoms in total. The number of amidine groups is 1. The van der Waals surface area contributed by atoms with E-state index in [9.17, 15) is 9.59 Å². The number of carbonyl (C=O) groups is 2. The van der Waals surface area contributed by atoms with Crippen molar-refractivity contribution < 1.29 is 14.3 Å². The first-order chi connectivity index (χ1) is 13.2. The molecule has 2 aromatic rings. The van der Waals surface area contributed by atoms with E-state index in [1.54, 1.807) is 0 Å². The first-order valence-electron chi connectivity index (χ1n) is 9.10. The highest BCUT2D eigenvalue weighted by Crippen LogP contribution is 2.26. The molecule has 0 spiro atoms. The summed E-state index contributed by atoms with van der Waals surface area (Å²) in [5.41, 5.74) is 0.758. The number of nitrogens with zero attached hydrogens (tertiary/aromatic N) is 1. The molecular weight excluding hydrogens is 362 g/mol. The quantitative estimate of drug-likeness (QED) is 0.832. The van der Waals surface area contributed by atoms with E-state index >= 15 is 0 Å². The Balaban J connectivity index is 1.36. The smallest absolute Gasteiger partial charge is 0.240 e. The van der Waals surface area contributed by atoms with Crippen molar-refractivity contribution in [3.63, 3.8) is 0 Å². The predicted molar refractivity (Wildman–Crippen MR) is 108 cm³/mol. The molecule has 140 valence electrons. The molecule has 2 heterocycles. The third kappa shape index (κ3) is 4.31. The monoisotopic (exact) mass is 383 g/mol. The van der Waals surface area contributed by atoms with Crippen LogP contribution in [0.3, 0.4) is 0 Å². The fraction of sp³-hybridized carbons (Fsp3) is 0.350. The highest BCUT2D eigenvalue weighted by molar-refractivity contribution is 8.15. The number of nitrogens with one attached hydrogen (secondary N) is 2. The second-order valence-corrected chi connectivity index (χ2v) is 7.85. The summed E-state index contributed by atoms with van der Waals surface area (Å²) in [6.45, 7) is 1.34. The molecule has 0 unspecified atom stereocenters. The summed E-state index contributed by atoms with van der Waals surface area (Å²) in [6, 6.07) is 13.7. The van der Waals surface area contributed by atoms with Gasteiger partial charge < -0.3 is 15.4 Å². The minimum atomic E-state index is -0.455. The molecule has 4 rings (SSSR count). The highest BCUT2D eigenvalue weighted by atomic mass is 32.2.